The van der Waals surface area contributed by atoms with Gasteiger partial charge in [-0.2, -0.15) is 5.10 Å². The number of hydrogen-bond donors (Lipinski definition) is 1. The topological polar surface area (TPSA) is 132 Å². The predicted octanol–water partition coefficient (Wildman–Crippen LogP) is 3.04. The van der Waals surface area contributed by atoms with E-state index in [9.17, 15) is 13.2 Å². The van der Waals surface area contributed by atoms with Gasteiger partial charge in [0.1, 0.15) is 11.4 Å². The maximum Gasteiger partial charge on any atom is 0.283 e. The molecule has 1 amide bonds. The van der Waals surface area contributed by atoms with Gasteiger partial charge in [-0.25, -0.2) is 27.6 Å². The average Bonchev–Trinajstić information content (AvgIpc) is 3.34. The molecule has 0 aliphatic carbocycles. The quantitative estimate of drug-likeness (QED) is 0.336. The van der Waals surface area contributed by atoms with Crippen LogP contribution in [0.2, 0.25) is 0 Å². The highest BCUT2D eigenvalue weighted by Gasteiger charge is 2.21. The number of sulfonamides is 1. The van der Waals surface area contributed by atoms with Crippen molar-refractivity contribution in [3.63, 3.8) is 0 Å². The number of carbonyl (C=O) groups is 1. The van der Waals surface area contributed by atoms with Crippen molar-refractivity contribution in [3.05, 3.63) is 84.1 Å². The molecule has 202 valence electrons. The molecule has 12 heteroatoms. The van der Waals surface area contributed by atoms with Crippen molar-refractivity contribution < 1.29 is 17.9 Å². The van der Waals surface area contributed by atoms with Crippen LogP contribution in [0.25, 0.3) is 40.0 Å². The molecule has 1 aliphatic heterocycles. The van der Waals surface area contributed by atoms with Gasteiger partial charge < -0.3 is 9.64 Å². The highest BCUT2D eigenvalue weighted by molar-refractivity contribution is 7.89. The standard InChI is InChI=1S/C28H25N7O4S/c1-40(37,38)33-28(36)24-10-7-20(18-29-24)26-23(11-9-21-8-6-19-4-2-3-5-22(19)31-21)32-27-25(12-13-30-35(26)27)34-14-16-39-17-15-34/h2-13,18H,14-17H2,1H3,(H,33,36)/b11-9+. The van der Waals surface area contributed by atoms with Crippen LogP contribution in [-0.4, -0.2) is 71.5 Å². The first-order chi connectivity index (χ1) is 19.4. The zero-order chi connectivity index (χ0) is 27.7. The van der Waals surface area contributed by atoms with Crippen LogP contribution < -0.4 is 9.62 Å². The van der Waals surface area contributed by atoms with E-state index in [0.717, 1.165) is 41.6 Å². The van der Waals surface area contributed by atoms with Gasteiger partial charge >= 0.3 is 0 Å². The Kier molecular flexibility index (Phi) is 6.70. The van der Waals surface area contributed by atoms with Gasteiger partial charge in [0.05, 0.1) is 48.3 Å². The van der Waals surface area contributed by atoms with E-state index in [0.29, 0.717) is 35.8 Å². The third-order valence-electron chi connectivity index (χ3n) is 6.46. The number of anilines is 1. The lowest BCUT2D eigenvalue weighted by molar-refractivity contribution is 0.0977. The van der Waals surface area contributed by atoms with Crippen LogP contribution in [0.1, 0.15) is 21.9 Å². The van der Waals surface area contributed by atoms with E-state index in [1.807, 2.05) is 59.3 Å². The normalized spacial score (nSPS) is 14.3. The first kappa shape index (κ1) is 25.6. The molecule has 4 aromatic heterocycles. The summed E-state index contributed by atoms with van der Waals surface area (Å²) in [6, 6.07) is 17.0. The molecule has 0 saturated carbocycles. The van der Waals surface area contributed by atoms with Gasteiger partial charge in [-0.1, -0.05) is 24.3 Å². The van der Waals surface area contributed by atoms with Gasteiger partial charge in [0.15, 0.2) is 5.65 Å². The molecular formula is C28H25N7O4S. The number of nitrogens with one attached hydrogen (secondary N) is 1. The Morgan fingerprint density at radius 2 is 1.82 bits per heavy atom. The molecule has 1 N–H and O–H groups in total. The molecule has 1 aliphatic rings. The van der Waals surface area contributed by atoms with Gasteiger partial charge in [0, 0.05) is 30.2 Å². The molecule has 0 spiro atoms. The fourth-order valence-electron chi connectivity index (χ4n) is 4.62. The maximum absolute atomic E-state index is 12.3. The summed E-state index contributed by atoms with van der Waals surface area (Å²) < 4.78 is 32.2. The fourth-order valence-corrected chi connectivity index (χ4v) is 5.06. The number of rotatable bonds is 6. The van der Waals surface area contributed by atoms with Crippen LogP contribution in [0.5, 0.6) is 0 Å². The molecule has 0 atom stereocenters. The lowest BCUT2D eigenvalue weighted by Crippen LogP contribution is -2.36. The molecular weight excluding hydrogens is 530 g/mol. The molecule has 5 aromatic rings. The SMILES string of the molecule is CS(=O)(=O)NC(=O)c1ccc(-c2c(/C=C/c3ccc4ccccc4n3)nc3c(N4CCOCC4)ccnn23)cn1. The second kappa shape index (κ2) is 10.5. The van der Waals surface area contributed by atoms with E-state index >= 15 is 0 Å². The van der Waals surface area contributed by atoms with Crippen molar-refractivity contribution in [1.29, 1.82) is 0 Å². The van der Waals surface area contributed by atoms with E-state index in [4.69, 9.17) is 14.7 Å². The first-order valence-corrected chi connectivity index (χ1v) is 14.5. The molecule has 5 heterocycles. The number of hydrogen-bond acceptors (Lipinski definition) is 9. The molecule has 40 heavy (non-hydrogen) atoms. The van der Waals surface area contributed by atoms with E-state index in [1.165, 1.54) is 12.3 Å². The number of imidazole rings is 1. The molecule has 1 aromatic carbocycles. The van der Waals surface area contributed by atoms with Crippen LogP contribution in [-0.2, 0) is 14.8 Å². The summed E-state index contributed by atoms with van der Waals surface area (Å²) in [5, 5.41) is 5.65. The van der Waals surface area contributed by atoms with Crippen molar-refractivity contribution >= 4 is 50.3 Å². The van der Waals surface area contributed by atoms with Crippen LogP contribution in [0, 0.1) is 0 Å². The van der Waals surface area contributed by atoms with E-state index in [-0.39, 0.29) is 5.69 Å². The van der Waals surface area contributed by atoms with Crippen molar-refractivity contribution in [3.8, 4) is 11.3 Å². The Bertz CT molecular complexity index is 1860. The number of pyridine rings is 2. The average molecular weight is 556 g/mol. The summed E-state index contributed by atoms with van der Waals surface area (Å²) in [6.45, 7) is 2.73. The van der Waals surface area contributed by atoms with E-state index in [1.54, 1.807) is 16.8 Å². The molecule has 1 fully saturated rings. The van der Waals surface area contributed by atoms with E-state index in [2.05, 4.69) is 15.0 Å². The number of morpholine rings is 1. The summed E-state index contributed by atoms with van der Waals surface area (Å²) in [6.07, 6.45) is 7.93. The lowest BCUT2D eigenvalue weighted by atomic mass is 10.1. The van der Waals surface area contributed by atoms with Crippen LogP contribution in [0.4, 0.5) is 5.69 Å². The number of aromatic nitrogens is 5. The summed E-state index contributed by atoms with van der Waals surface area (Å²) in [7, 11) is -3.72. The summed E-state index contributed by atoms with van der Waals surface area (Å²) in [5.74, 6) is -0.803. The Morgan fingerprint density at radius 1 is 1.00 bits per heavy atom. The fraction of sp³-hybridized carbons (Fsp3) is 0.179. The Labute approximate surface area is 230 Å². The Balaban J connectivity index is 1.44. The Morgan fingerprint density at radius 3 is 2.60 bits per heavy atom. The number of ether oxygens (including phenoxy) is 1. The van der Waals surface area contributed by atoms with Crippen LogP contribution >= 0.6 is 0 Å². The van der Waals surface area contributed by atoms with Crippen molar-refractivity contribution in [2.24, 2.45) is 0 Å². The highest BCUT2D eigenvalue weighted by atomic mass is 32.2. The maximum atomic E-state index is 12.3. The minimum Gasteiger partial charge on any atom is -0.378 e. The highest BCUT2D eigenvalue weighted by Crippen LogP contribution is 2.30. The van der Waals surface area contributed by atoms with Crippen molar-refractivity contribution in [2.45, 2.75) is 0 Å². The molecule has 1 saturated heterocycles. The largest absolute Gasteiger partial charge is 0.378 e. The second-order valence-corrected chi connectivity index (χ2v) is 11.0. The Hall–Kier alpha value is -4.68. The van der Waals surface area contributed by atoms with Gasteiger partial charge in [0.2, 0.25) is 10.0 Å². The van der Waals surface area contributed by atoms with E-state index < -0.39 is 15.9 Å². The van der Waals surface area contributed by atoms with Gasteiger partial charge in [-0.15, -0.1) is 0 Å². The lowest BCUT2D eigenvalue weighted by Gasteiger charge is -2.28. The minimum absolute atomic E-state index is 0.0255. The minimum atomic E-state index is -3.72. The molecule has 0 bridgehead atoms. The van der Waals surface area contributed by atoms with Crippen molar-refractivity contribution in [1.82, 2.24) is 29.3 Å². The predicted molar refractivity (Wildman–Crippen MR) is 152 cm³/mol. The molecule has 0 radical (unpaired) electrons. The molecule has 11 nitrogen and oxygen atoms in total. The number of carbonyl (C=O) groups excluding carboxylic acids is 1. The summed E-state index contributed by atoms with van der Waals surface area (Å²) in [5.41, 5.74) is 5.20. The third kappa shape index (κ3) is 5.26. The molecule has 6 rings (SSSR count). The number of nitrogens with zero attached hydrogens (tertiary/aromatic N) is 6. The van der Waals surface area contributed by atoms with Crippen LogP contribution in [0.15, 0.2) is 67.0 Å². The number of benzene rings is 1. The molecule has 0 unspecified atom stereocenters. The number of fused-ring (bicyclic) bond motifs is 2. The second-order valence-electron chi connectivity index (χ2n) is 9.29. The summed E-state index contributed by atoms with van der Waals surface area (Å²) >= 11 is 0. The van der Waals surface area contributed by atoms with Crippen LogP contribution in [0.3, 0.4) is 0 Å². The zero-order valence-corrected chi connectivity index (χ0v) is 22.4. The number of para-hydroxylation sites is 1. The van der Waals surface area contributed by atoms with Gasteiger partial charge in [-0.05, 0) is 42.5 Å². The third-order valence-corrected chi connectivity index (χ3v) is 7.01. The number of amides is 1. The monoisotopic (exact) mass is 555 g/mol. The summed E-state index contributed by atoms with van der Waals surface area (Å²) in [4.78, 5) is 28.4. The smallest absolute Gasteiger partial charge is 0.283 e. The zero-order valence-electron chi connectivity index (χ0n) is 21.6. The van der Waals surface area contributed by atoms with Gasteiger partial charge in [-0.3, -0.25) is 9.78 Å². The van der Waals surface area contributed by atoms with Gasteiger partial charge in [0.25, 0.3) is 5.91 Å². The van der Waals surface area contributed by atoms with Crippen molar-refractivity contribution in [2.75, 3.05) is 37.5 Å². The first-order valence-electron chi connectivity index (χ1n) is 12.6.